The Morgan fingerprint density at radius 3 is 2.50 bits per heavy atom. The van der Waals surface area contributed by atoms with Crippen molar-refractivity contribution in [2.24, 2.45) is 0 Å². The summed E-state index contributed by atoms with van der Waals surface area (Å²) >= 11 is 0. The van der Waals surface area contributed by atoms with Gasteiger partial charge in [0.15, 0.2) is 0 Å². The van der Waals surface area contributed by atoms with Crippen molar-refractivity contribution in [3.05, 3.63) is 54.5 Å². The minimum Gasteiger partial charge on any atom is -0.256 e. The third-order valence-electron chi connectivity index (χ3n) is 1.88. The van der Waals surface area contributed by atoms with Gasteiger partial charge in [0.05, 0.1) is 17.9 Å². The predicted molar refractivity (Wildman–Crippen MR) is 59.2 cm³/mol. The van der Waals surface area contributed by atoms with E-state index in [0.29, 0.717) is 0 Å². The van der Waals surface area contributed by atoms with E-state index in [-0.39, 0.29) is 21.7 Å². The fraction of sp³-hybridized carbons (Fsp3) is 0. The van der Waals surface area contributed by atoms with Gasteiger partial charge in [-0.1, -0.05) is 42.3 Å². The van der Waals surface area contributed by atoms with Crippen molar-refractivity contribution in [2.75, 3.05) is 0 Å². The zero-order valence-electron chi connectivity index (χ0n) is 15.9. The van der Waals surface area contributed by atoms with Crippen LogP contribution < -0.4 is 0 Å². The topological polar surface area (TPSA) is 12.9 Å². The number of fused-ring (bicyclic) bond motifs is 3. The largest absolute Gasteiger partial charge is 0.256 e. The fourth-order valence-electron chi connectivity index (χ4n) is 1.27. The molecule has 3 rings (SSSR count). The molecular formula is C13H9N. The molecule has 0 radical (unpaired) electrons. The van der Waals surface area contributed by atoms with Crippen LogP contribution in [-0.4, -0.2) is 4.98 Å². The van der Waals surface area contributed by atoms with Gasteiger partial charge in [0.2, 0.25) is 0 Å². The average molecular weight is 188 g/mol. The monoisotopic (exact) mass is 188 g/mol. The van der Waals surface area contributed by atoms with Crippen LogP contribution >= 0.6 is 0 Å². The first-order valence-electron chi connectivity index (χ1n) is 8.45. The molecule has 0 atom stereocenters. The van der Waals surface area contributed by atoms with Crippen LogP contribution in [0.2, 0.25) is 0 Å². The normalized spacial score (nSPS) is 19.9. The van der Waals surface area contributed by atoms with Gasteiger partial charge in [0.25, 0.3) is 0 Å². The molecule has 0 bridgehead atoms. The summed E-state index contributed by atoms with van der Waals surface area (Å²) < 4.78 is 70.7. The average Bonchev–Trinajstić information content (AvgIpc) is 2.53. The maximum Gasteiger partial charge on any atom is 0.0847 e. The lowest BCUT2D eigenvalue weighted by atomic mass is 10.1. The molecule has 1 nitrogen and oxygen atoms in total. The van der Waals surface area contributed by atoms with Crippen molar-refractivity contribution >= 4 is 21.7 Å². The molecule has 1 heteroatoms. The molecule has 1 heterocycles. The van der Waals surface area contributed by atoms with Gasteiger partial charge in [-0.3, -0.25) is 4.98 Å². The maximum absolute atomic E-state index is 8.04. The molecule has 1 aromatic heterocycles. The lowest BCUT2D eigenvalue weighted by molar-refractivity contribution is 1.44. The summed E-state index contributed by atoms with van der Waals surface area (Å²) in [5.74, 6) is 0. The Hall–Kier alpha value is -1.89. The number of nitrogens with zero attached hydrogens (tertiary/aromatic N) is 1. The van der Waals surface area contributed by atoms with Crippen LogP contribution in [0.5, 0.6) is 0 Å². The van der Waals surface area contributed by atoms with E-state index in [4.69, 9.17) is 12.3 Å². The molecule has 0 N–H and O–H groups in total. The standard InChI is InChI=1S/C13H9N/c1-2-6-11-10(5-1)9-14-13-8-4-3-7-12(11)13/h1-9H/i1D,2D,3D,4D,5D,6D,7D,8D,9D. The Balaban J connectivity index is 2.80. The lowest BCUT2D eigenvalue weighted by Gasteiger charge is -2.01. The quantitative estimate of drug-likeness (QED) is 0.493. The van der Waals surface area contributed by atoms with Crippen LogP contribution in [0.15, 0.2) is 54.5 Å². The molecule has 0 spiro atoms. The molecule has 66 valence electrons. The summed E-state index contributed by atoms with van der Waals surface area (Å²) in [5.41, 5.74) is -0.182. The number of pyridine rings is 1. The van der Waals surface area contributed by atoms with Gasteiger partial charge < -0.3 is 0 Å². The van der Waals surface area contributed by atoms with E-state index in [2.05, 4.69) is 4.98 Å². The Kier molecular flexibility index (Phi) is 0.561. The second kappa shape index (κ2) is 2.81. The van der Waals surface area contributed by atoms with Crippen LogP contribution in [0, 0.1) is 0 Å². The van der Waals surface area contributed by atoms with Gasteiger partial charge in [0.1, 0.15) is 0 Å². The Morgan fingerprint density at radius 1 is 0.857 bits per heavy atom. The third-order valence-corrected chi connectivity index (χ3v) is 1.88. The zero-order valence-corrected chi connectivity index (χ0v) is 6.95. The van der Waals surface area contributed by atoms with Crippen molar-refractivity contribution in [1.82, 2.24) is 4.98 Å². The highest BCUT2D eigenvalue weighted by Crippen LogP contribution is 2.22. The Labute approximate surface area is 94.7 Å². The predicted octanol–water partition coefficient (Wildman–Crippen LogP) is 3.39. The summed E-state index contributed by atoms with van der Waals surface area (Å²) in [6, 6.07) is -3.85. The molecule has 0 saturated carbocycles. The van der Waals surface area contributed by atoms with Crippen molar-refractivity contribution in [1.29, 1.82) is 0 Å². The number of hydrogen-bond donors (Lipinski definition) is 0. The van der Waals surface area contributed by atoms with E-state index in [1.807, 2.05) is 0 Å². The molecule has 2 aromatic carbocycles. The first-order valence-corrected chi connectivity index (χ1v) is 3.95. The highest BCUT2D eigenvalue weighted by molar-refractivity contribution is 6.05. The summed E-state index contributed by atoms with van der Waals surface area (Å²) in [5, 5.41) is -0.375. The minimum absolute atomic E-state index is 0.103. The van der Waals surface area contributed by atoms with Gasteiger partial charge in [-0.05, 0) is 11.4 Å². The summed E-state index contributed by atoms with van der Waals surface area (Å²) in [6.45, 7) is 0. The highest BCUT2D eigenvalue weighted by Gasteiger charge is 1.98. The first kappa shape index (κ1) is 2.80. The van der Waals surface area contributed by atoms with E-state index in [0.717, 1.165) is 0 Å². The number of aromatic nitrogens is 1. The zero-order chi connectivity index (χ0) is 17.2. The molecule has 0 aliphatic carbocycles. The molecule has 0 unspecified atom stereocenters. The number of rotatable bonds is 0. The Morgan fingerprint density at radius 2 is 1.57 bits per heavy atom. The van der Waals surface area contributed by atoms with Crippen LogP contribution in [0.4, 0.5) is 0 Å². The Bertz CT molecular complexity index is 1010. The van der Waals surface area contributed by atoms with Gasteiger partial charge in [-0.2, -0.15) is 0 Å². The van der Waals surface area contributed by atoms with Crippen LogP contribution in [-0.2, 0) is 0 Å². The smallest absolute Gasteiger partial charge is 0.0847 e. The second-order valence-electron chi connectivity index (χ2n) is 2.70. The van der Waals surface area contributed by atoms with Crippen molar-refractivity contribution in [2.45, 2.75) is 0 Å². The minimum atomic E-state index is -0.526. The van der Waals surface area contributed by atoms with Crippen molar-refractivity contribution in [3.8, 4) is 0 Å². The van der Waals surface area contributed by atoms with Crippen LogP contribution in [0.3, 0.4) is 0 Å². The van der Waals surface area contributed by atoms with Gasteiger partial charge >= 0.3 is 0 Å². The molecule has 0 aliphatic heterocycles. The van der Waals surface area contributed by atoms with E-state index < -0.39 is 54.5 Å². The summed E-state index contributed by atoms with van der Waals surface area (Å²) in [4.78, 5) is 3.85. The van der Waals surface area contributed by atoms with Gasteiger partial charge in [-0.15, -0.1) is 0 Å². The summed E-state index contributed by atoms with van der Waals surface area (Å²) in [6.07, 6.45) is -0.454. The van der Waals surface area contributed by atoms with Crippen molar-refractivity contribution in [3.63, 3.8) is 0 Å². The molecule has 3 aromatic rings. The molecule has 0 amide bonds. The summed E-state index contributed by atoms with van der Waals surface area (Å²) in [7, 11) is 0. The van der Waals surface area contributed by atoms with Gasteiger partial charge in [0, 0.05) is 16.9 Å². The van der Waals surface area contributed by atoms with E-state index in [9.17, 15) is 0 Å². The van der Waals surface area contributed by atoms with Crippen LogP contribution in [0.1, 0.15) is 12.3 Å². The highest BCUT2D eigenvalue weighted by atomic mass is 14.6. The molecule has 14 heavy (non-hydrogen) atoms. The molecule has 0 aliphatic rings. The van der Waals surface area contributed by atoms with E-state index in [1.54, 1.807) is 0 Å². The third kappa shape index (κ3) is 0.990. The first-order chi connectivity index (χ1) is 10.7. The van der Waals surface area contributed by atoms with Crippen molar-refractivity contribution < 1.29 is 12.3 Å². The number of para-hydroxylation sites is 1. The van der Waals surface area contributed by atoms with Crippen LogP contribution in [0.25, 0.3) is 21.7 Å². The maximum atomic E-state index is 8.04. The SMILES string of the molecule is [2H]c1c([2H])c([2H])c2c(nc([2H])c3c([2H])c([2H])c([2H])c([2H])c32)c1[2H]. The second-order valence-corrected chi connectivity index (χ2v) is 2.70. The molecule has 0 saturated heterocycles. The van der Waals surface area contributed by atoms with Gasteiger partial charge in [-0.25, -0.2) is 0 Å². The fourth-order valence-corrected chi connectivity index (χ4v) is 1.27. The number of hydrogen-bond acceptors (Lipinski definition) is 1. The molecule has 0 fully saturated rings. The van der Waals surface area contributed by atoms with E-state index in [1.165, 1.54) is 0 Å². The van der Waals surface area contributed by atoms with E-state index >= 15 is 0 Å². The lowest BCUT2D eigenvalue weighted by Crippen LogP contribution is -1.80. The number of benzene rings is 2. The molecular weight excluding hydrogens is 170 g/mol.